The molecule has 32 heavy (non-hydrogen) atoms. The van der Waals surface area contributed by atoms with Crippen molar-refractivity contribution >= 4 is 28.4 Å². The predicted molar refractivity (Wildman–Crippen MR) is 120 cm³/mol. The van der Waals surface area contributed by atoms with Gasteiger partial charge in [-0.05, 0) is 37.6 Å². The number of benzene rings is 2. The highest BCUT2D eigenvalue weighted by atomic mass is 16.6. The minimum absolute atomic E-state index is 0.0907. The van der Waals surface area contributed by atoms with Crippen molar-refractivity contribution in [2.45, 2.75) is 26.3 Å². The van der Waals surface area contributed by atoms with Crippen LogP contribution in [0.3, 0.4) is 0 Å². The molecule has 1 fully saturated rings. The molecule has 3 heterocycles. The highest BCUT2D eigenvalue weighted by Crippen LogP contribution is 2.44. The molecule has 0 saturated carbocycles. The highest BCUT2D eigenvalue weighted by molar-refractivity contribution is 6.46. The summed E-state index contributed by atoms with van der Waals surface area (Å²) < 4.78 is 11.2. The number of ketones is 1. The van der Waals surface area contributed by atoms with Gasteiger partial charge in [-0.15, -0.1) is 0 Å². The molecule has 7 heteroatoms. The normalized spacial score (nSPS) is 19.7. The van der Waals surface area contributed by atoms with E-state index in [0.717, 1.165) is 22.2 Å². The summed E-state index contributed by atoms with van der Waals surface area (Å²) >= 11 is 0. The number of hydrogen-bond acceptors (Lipinski definition) is 5. The van der Waals surface area contributed by atoms with Crippen molar-refractivity contribution in [3.63, 3.8) is 0 Å². The molecule has 0 spiro atoms. The largest absolute Gasteiger partial charge is 0.507 e. The standard InChI is InChI=1S/C25H24N2O5/c1-3-10-27-22(20-14(2)26-17-7-5-4-6-16(17)20)21(24(29)25(27)30)23(28)15-8-9-18-19(13-15)32-12-11-31-18/h4-9,13,22,26,28H,3,10-12H2,1-2H3/b23-21+. The molecule has 164 valence electrons. The Balaban J connectivity index is 1.72. The molecule has 7 nitrogen and oxygen atoms in total. The Labute approximate surface area is 185 Å². The lowest BCUT2D eigenvalue weighted by atomic mass is 9.93. The maximum Gasteiger partial charge on any atom is 0.295 e. The monoisotopic (exact) mass is 432 g/mol. The maximum absolute atomic E-state index is 13.2. The summed E-state index contributed by atoms with van der Waals surface area (Å²) in [5, 5.41) is 12.2. The first kappa shape index (κ1) is 20.2. The number of ether oxygens (including phenoxy) is 2. The number of aliphatic hydroxyl groups excluding tert-OH is 1. The fourth-order valence-corrected chi connectivity index (χ4v) is 4.65. The average Bonchev–Trinajstić information content (AvgIpc) is 3.26. The van der Waals surface area contributed by atoms with E-state index in [-0.39, 0.29) is 11.3 Å². The van der Waals surface area contributed by atoms with Gasteiger partial charge in [0.1, 0.15) is 19.0 Å². The van der Waals surface area contributed by atoms with Crippen molar-refractivity contribution < 1.29 is 24.2 Å². The van der Waals surface area contributed by atoms with E-state index >= 15 is 0 Å². The molecule has 1 amide bonds. The Morgan fingerprint density at radius 3 is 2.66 bits per heavy atom. The van der Waals surface area contributed by atoms with Crippen LogP contribution in [0.15, 0.2) is 48.0 Å². The van der Waals surface area contributed by atoms with Crippen LogP contribution in [0.1, 0.15) is 36.2 Å². The fourth-order valence-electron chi connectivity index (χ4n) is 4.65. The second kappa shape index (κ2) is 7.75. The second-order valence-electron chi connectivity index (χ2n) is 8.06. The molecule has 2 aromatic carbocycles. The molecule has 3 aromatic rings. The van der Waals surface area contributed by atoms with Gasteiger partial charge in [0, 0.05) is 34.3 Å². The molecule has 0 radical (unpaired) electrons. The van der Waals surface area contributed by atoms with Crippen LogP contribution >= 0.6 is 0 Å². The second-order valence-corrected chi connectivity index (χ2v) is 8.06. The van der Waals surface area contributed by atoms with E-state index in [2.05, 4.69) is 4.98 Å². The number of Topliss-reactive ketones (excluding diaryl/α,β-unsaturated/α-hetero) is 1. The van der Waals surface area contributed by atoms with Crippen LogP contribution < -0.4 is 9.47 Å². The van der Waals surface area contributed by atoms with Crippen molar-refractivity contribution in [3.05, 3.63) is 64.9 Å². The van der Waals surface area contributed by atoms with Gasteiger partial charge in [0.25, 0.3) is 11.7 Å². The number of amides is 1. The number of H-pyrrole nitrogens is 1. The lowest BCUT2D eigenvalue weighted by Gasteiger charge is -2.25. The third-order valence-electron chi connectivity index (χ3n) is 6.04. The first-order valence-corrected chi connectivity index (χ1v) is 10.8. The molecule has 0 aliphatic carbocycles. The SMILES string of the molecule is CCCN1C(=O)C(=O)/C(=C(/O)c2ccc3c(c2)OCCO3)C1c1c(C)[nH]c2ccccc12. The van der Waals surface area contributed by atoms with Crippen molar-refractivity contribution in [2.24, 2.45) is 0 Å². The number of aromatic amines is 1. The van der Waals surface area contributed by atoms with Crippen LogP contribution in [0.5, 0.6) is 11.5 Å². The van der Waals surface area contributed by atoms with E-state index in [9.17, 15) is 14.7 Å². The van der Waals surface area contributed by atoms with Crippen molar-refractivity contribution in [1.29, 1.82) is 0 Å². The zero-order chi connectivity index (χ0) is 22.4. The first-order valence-electron chi connectivity index (χ1n) is 10.8. The van der Waals surface area contributed by atoms with Crippen LogP contribution in [-0.2, 0) is 9.59 Å². The lowest BCUT2D eigenvalue weighted by molar-refractivity contribution is -0.139. The predicted octanol–water partition coefficient (Wildman–Crippen LogP) is 4.08. The number of carbonyl (C=O) groups excluding carboxylic acids is 2. The minimum atomic E-state index is -0.681. The maximum atomic E-state index is 13.2. The van der Waals surface area contributed by atoms with Gasteiger partial charge in [-0.25, -0.2) is 0 Å². The summed E-state index contributed by atoms with van der Waals surface area (Å²) in [6.45, 7) is 5.16. The summed E-state index contributed by atoms with van der Waals surface area (Å²) in [6, 6.07) is 12.1. The molecule has 2 aliphatic heterocycles. The van der Waals surface area contributed by atoms with E-state index in [1.54, 1.807) is 23.1 Å². The summed E-state index contributed by atoms with van der Waals surface area (Å²) in [5.41, 5.74) is 3.10. The van der Waals surface area contributed by atoms with Gasteiger partial charge < -0.3 is 24.5 Å². The third-order valence-corrected chi connectivity index (χ3v) is 6.04. The van der Waals surface area contributed by atoms with Gasteiger partial charge in [-0.2, -0.15) is 0 Å². The molecule has 1 unspecified atom stereocenters. The van der Waals surface area contributed by atoms with E-state index in [4.69, 9.17) is 9.47 Å². The first-order chi connectivity index (χ1) is 15.5. The number of aliphatic hydroxyl groups is 1. The van der Waals surface area contributed by atoms with Gasteiger partial charge in [-0.3, -0.25) is 9.59 Å². The number of aromatic nitrogens is 1. The molecule has 2 aliphatic rings. The molecule has 1 atom stereocenters. The van der Waals surface area contributed by atoms with Crippen LogP contribution in [0.25, 0.3) is 16.7 Å². The summed E-state index contributed by atoms with van der Waals surface area (Å²) in [7, 11) is 0. The number of carbonyl (C=O) groups is 2. The summed E-state index contributed by atoms with van der Waals surface area (Å²) in [6.07, 6.45) is 0.689. The topological polar surface area (TPSA) is 91.9 Å². The zero-order valence-electron chi connectivity index (χ0n) is 18.0. The third kappa shape index (κ3) is 3.04. The fraction of sp³-hybridized carbons (Fsp3) is 0.280. The Morgan fingerprint density at radius 2 is 1.88 bits per heavy atom. The van der Waals surface area contributed by atoms with E-state index < -0.39 is 17.7 Å². The Kier molecular flexibility index (Phi) is 4.89. The number of aryl methyl sites for hydroxylation is 1. The molecule has 0 bridgehead atoms. The van der Waals surface area contributed by atoms with Gasteiger partial charge >= 0.3 is 0 Å². The quantitative estimate of drug-likeness (QED) is 0.368. The van der Waals surface area contributed by atoms with E-state index in [1.165, 1.54) is 0 Å². The van der Waals surface area contributed by atoms with E-state index in [1.807, 2.05) is 38.1 Å². The summed E-state index contributed by atoms with van der Waals surface area (Å²) in [4.78, 5) is 31.1. The van der Waals surface area contributed by atoms with Crippen LogP contribution in [0, 0.1) is 6.92 Å². The van der Waals surface area contributed by atoms with Crippen molar-refractivity contribution in [3.8, 4) is 11.5 Å². The lowest BCUT2D eigenvalue weighted by Crippen LogP contribution is -2.30. The van der Waals surface area contributed by atoms with Gasteiger partial charge in [0.05, 0.1) is 11.6 Å². The van der Waals surface area contributed by atoms with Gasteiger partial charge in [-0.1, -0.05) is 25.1 Å². The molecule has 1 saturated heterocycles. The smallest absolute Gasteiger partial charge is 0.295 e. The number of nitrogens with zero attached hydrogens (tertiary/aromatic N) is 1. The highest BCUT2D eigenvalue weighted by Gasteiger charge is 2.47. The number of likely N-dealkylation sites (tertiary alicyclic amines) is 1. The Morgan fingerprint density at radius 1 is 1.12 bits per heavy atom. The number of fused-ring (bicyclic) bond motifs is 2. The molecular formula is C25H24N2O5. The van der Waals surface area contributed by atoms with Crippen molar-refractivity contribution in [2.75, 3.05) is 19.8 Å². The van der Waals surface area contributed by atoms with Gasteiger partial charge in [0.15, 0.2) is 11.5 Å². The minimum Gasteiger partial charge on any atom is -0.507 e. The summed E-state index contributed by atoms with van der Waals surface area (Å²) in [5.74, 6) is -0.402. The van der Waals surface area contributed by atoms with Crippen LogP contribution in [0.2, 0.25) is 0 Å². The molecule has 5 rings (SSSR count). The van der Waals surface area contributed by atoms with Crippen molar-refractivity contribution in [1.82, 2.24) is 9.88 Å². The molecule has 2 N–H and O–H groups in total. The number of nitrogens with one attached hydrogen (secondary N) is 1. The Hall–Kier alpha value is -3.74. The van der Waals surface area contributed by atoms with Crippen LogP contribution in [0.4, 0.5) is 0 Å². The molecular weight excluding hydrogens is 408 g/mol. The molecule has 1 aromatic heterocycles. The van der Waals surface area contributed by atoms with E-state index in [0.29, 0.717) is 43.2 Å². The number of hydrogen-bond donors (Lipinski definition) is 2. The Bertz CT molecular complexity index is 1270. The number of para-hydroxylation sites is 1. The van der Waals surface area contributed by atoms with Crippen LogP contribution in [-0.4, -0.2) is 46.4 Å². The van der Waals surface area contributed by atoms with Gasteiger partial charge in [0.2, 0.25) is 0 Å². The average molecular weight is 432 g/mol. The number of rotatable bonds is 4. The zero-order valence-corrected chi connectivity index (χ0v) is 18.0.